The van der Waals surface area contributed by atoms with E-state index in [2.05, 4.69) is 15.3 Å². The van der Waals surface area contributed by atoms with E-state index in [1.54, 1.807) is 4.90 Å². The van der Waals surface area contributed by atoms with Crippen LogP contribution in [0.25, 0.3) is 11.4 Å². The van der Waals surface area contributed by atoms with Crippen molar-refractivity contribution in [2.45, 2.75) is 38.3 Å². The number of fused-ring (bicyclic) bond motifs is 1. The Morgan fingerprint density at radius 2 is 1.77 bits per heavy atom. The van der Waals surface area contributed by atoms with Crippen LogP contribution < -0.4 is 5.32 Å². The van der Waals surface area contributed by atoms with E-state index >= 15 is 0 Å². The first-order valence-electron chi connectivity index (χ1n) is 11.5. The summed E-state index contributed by atoms with van der Waals surface area (Å²) in [5.74, 6) is -2.00. The molecule has 2 aliphatic heterocycles. The Labute approximate surface area is 200 Å². The maximum absolute atomic E-state index is 14.4. The van der Waals surface area contributed by atoms with Crippen LogP contribution in [0.1, 0.15) is 45.7 Å². The molecule has 180 valence electrons. The van der Waals surface area contributed by atoms with Gasteiger partial charge in [0.05, 0.1) is 41.6 Å². The molecule has 0 unspecified atom stereocenters. The average molecular weight is 478 g/mol. The lowest BCUT2D eigenvalue weighted by atomic mass is 10.0. The number of aliphatic hydroxyl groups is 1. The van der Waals surface area contributed by atoms with Crippen LogP contribution >= 0.6 is 0 Å². The SMILES string of the molecule is O=C1NCc2nc(-c3c(F)cccc3F)nc(Cc3ccc(CC(=O)N4CCC[C@@H](O)C4)cc3)c21. The van der Waals surface area contributed by atoms with Crippen LogP contribution in [-0.2, 0) is 24.2 Å². The van der Waals surface area contributed by atoms with Crippen molar-refractivity contribution >= 4 is 11.8 Å². The molecular formula is C26H24F2N4O3. The van der Waals surface area contributed by atoms with Crippen LogP contribution in [0.2, 0.25) is 0 Å². The topological polar surface area (TPSA) is 95.4 Å². The molecule has 1 saturated heterocycles. The maximum atomic E-state index is 14.4. The number of hydrogen-bond acceptors (Lipinski definition) is 5. The van der Waals surface area contributed by atoms with E-state index in [1.807, 2.05) is 24.3 Å². The van der Waals surface area contributed by atoms with Gasteiger partial charge in [0.25, 0.3) is 5.91 Å². The zero-order valence-electron chi connectivity index (χ0n) is 18.9. The van der Waals surface area contributed by atoms with Crippen LogP contribution in [0, 0.1) is 11.6 Å². The zero-order chi connectivity index (χ0) is 24.5. The second-order valence-electron chi connectivity index (χ2n) is 8.90. The average Bonchev–Trinajstić information content (AvgIpc) is 3.21. The van der Waals surface area contributed by atoms with E-state index in [1.165, 1.54) is 6.07 Å². The van der Waals surface area contributed by atoms with Gasteiger partial charge in [-0.3, -0.25) is 9.59 Å². The predicted molar refractivity (Wildman–Crippen MR) is 123 cm³/mol. The van der Waals surface area contributed by atoms with Gasteiger partial charge in [-0.25, -0.2) is 18.7 Å². The van der Waals surface area contributed by atoms with E-state index in [9.17, 15) is 23.5 Å². The van der Waals surface area contributed by atoms with E-state index in [4.69, 9.17) is 0 Å². The monoisotopic (exact) mass is 478 g/mol. The van der Waals surface area contributed by atoms with Gasteiger partial charge < -0.3 is 15.3 Å². The third-order valence-corrected chi connectivity index (χ3v) is 6.39. The number of likely N-dealkylation sites (tertiary alicyclic amines) is 1. The molecule has 2 N–H and O–H groups in total. The molecule has 1 fully saturated rings. The van der Waals surface area contributed by atoms with Crippen molar-refractivity contribution in [2.24, 2.45) is 0 Å². The van der Waals surface area contributed by atoms with Crippen LogP contribution in [-0.4, -0.2) is 51.0 Å². The van der Waals surface area contributed by atoms with Gasteiger partial charge in [0.15, 0.2) is 5.82 Å². The van der Waals surface area contributed by atoms with Gasteiger partial charge in [-0.05, 0) is 36.1 Å². The van der Waals surface area contributed by atoms with Crippen molar-refractivity contribution in [3.05, 3.63) is 82.2 Å². The second-order valence-corrected chi connectivity index (χ2v) is 8.90. The maximum Gasteiger partial charge on any atom is 0.255 e. The number of nitrogens with one attached hydrogen (secondary N) is 1. The lowest BCUT2D eigenvalue weighted by molar-refractivity contribution is -0.133. The Kier molecular flexibility index (Phi) is 6.25. The summed E-state index contributed by atoms with van der Waals surface area (Å²) in [6, 6.07) is 10.9. The number of aromatic nitrogens is 2. The van der Waals surface area contributed by atoms with E-state index in [-0.39, 0.29) is 42.6 Å². The molecule has 2 amide bonds. The number of carbonyl (C=O) groups excluding carboxylic acids is 2. The minimum absolute atomic E-state index is 0.0293. The molecule has 0 aliphatic carbocycles. The van der Waals surface area contributed by atoms with Gasteiger partial charge in [0.1, 0.15) is 11.6 Å². The summed E-state index contributed by atoms with van der Waals surface area (Å²) >= 11 is 0. The van der Waals surface area contributed by atoms with Crippen molar-refractivity contribution < 1.29 is 23.5 Å². The number of carbonyl (C=O) groups is 2. The number of nitrogens with zero attached hydrogens (tertiary/aromatic N) is 3. The number of rotatable bonds is 5. The van der Waals surface area contributed by atoms with Crippen LogP contribution in [0.4, 0.5) is 8.78 Å². The quantitative estimate of drug-likeness (QED) is 0.588. The first-order valence-corrected chi connectivity index (χ1v) is 11.5. The molecule has 1 aromatic heterocycles. The Morgan fingerprint density at radius 3 is 2.49 bits per heavy atom. The first-order chi connectivity index (χ1) is 16.9. The third kappa shape index (κ3) is 4.77. The molecule has 1 atom stereocenters. The highest BCUT2D eigenvalue weighted by atomic mass is 19.1. The summed E-state index contributed by atoms with van der Waals surface area (Å²) in [5, 5.41) is 12.5. The fourth-order valence-electron chi connectivity index (χ4n) is 4.59. The third-order valence-electron chi connectivity index (χ3n) is 6.39. The number of hydrogen-bond donors (Lipinski definition) is 2. The predicted octanol–water partition coefficient (Wildman–Crippen LogP) is 2.78. The highest BCUT2D eigenvalue weighted by Gasteiger charge is 2.28. The van der Waals surface area contributed by atoms with E-state index in [0.717, 1.165) is 29.7 Å². The Morgan fingerprint density at radius 1 is 1.06 bits per heavy atom. The van der Waals surface area contributed by atoms with Crippen molar-refractivity contribution in [3.8, 4) is 11.4 Å². The van der Waals surface area contributed by atoms with Crippen molar-refractivity contribution in [2.75, 3.05) is 13.1 Å². The van der Waals surface area contributed by atoms with Gasteiger partial charge >= 0.3 is 0 Å². The normalized spacial score (nSPS) is 17.3. The van der Waals surface area contributed by atoms with Crippen molar-refractivity contribution in [3.63, 3.8) is 0 Å². The van der Waals surface area contributed by atoms with Gasteiger partial charge in [0.2, 0.25) is 5.91 Å². The number of benzene rings is 2. The van der Waals surface area contributed by atoms with Crippen LogP contribution in [0.5, 0.6) is 0 Å². The van der Waals surface area contributed by atoms with Crippen LogP contribution in [0.15, 0.2) is 42.5 Å². The molecule has 7 nitrogen and oxygen atoms in total. The molecule has 5 rings (SSSR count). The molecule has 0 saturated carbocycles. The Balaban J connectivity index is 1.38. The van der Waals surface area contributed by atoms with Crippen LogP contribution in [0.3, 0.4) is 0 Å². The number of halogens is 2. The van der Waals surface area contributed by atoms with E-state index < -0.39 is 17.7 Å². The summed E-state index contributed by atoms with van der Waals surface area (Å²) in [6.07, 6.45) is 1.53. The summed E-state index contributed by atoms with van der Waals surface area (Å²) in [5.41, 5.74) is 2.45. The van der Waals surface area contributed by atoms with Gasteiger partial charge in [-0.1, -0.05) is 30.3 Å². The fourth-order valence-corrected chi connectivity index (χ4v) is 4.59. The summed E-state index contributed by atoms with van der Waals surface area (Å²) in [4.78, 5) is 35.3. The molecule has 0 bridgehead atoms. The number of piperidine rings is 1. The molecule has 0 radical (unpaired) electrons. The van der Waals surface area contributed by atoms with Gasteiger partial charge in [-0.2, -0.15) is 0 Å². The molecule has 35 heavy (non-hydrogen) atoms. The highest BCUT2D eigenvalue weighted by molar-refractivity contribution is 5.99. The van der Waals surface area contributed by atoms with Crippen molar-refractivity contribution in [1.29, 1.82) is 0 Å². The summed E-state index contributed by atoms with van der Waals surface area (Å²) in [7, 11) is 0. The minimum atomic E-state index is -0.775. The molecule has 2 aromatic carbocycles. The Bertz CT molecular complexity index is 1280. The lowest BCUT2D eigenvalue weighted by Gasteiger charge is -2.30. The van der Waals surface area contributed by atoms with Gasteiger partial charge in [0, 0.05) is 19.5 Å². The zero-order valence-corrected chi connectivity index (χ0v) is 18.9. The molecular weight excluding hydrogens is 454 g/mol. The smallest absolute Gasteiger partial charge is 0.255 e. The molecule has 0 spiro atoms. The fraction of sp³-hybridized carbons (Fsp3) is 0.308. The van der Waals surface area contributed by atoms with E-state index in [0.29, 0.717) is 36.5 Å². The minimum Gasteiger partial charge on any atom is -0.391 e. The summed E-state index contributed by atoms with van der Waals surface area (Å²) in [6.45, 7) is 1.18. The second kappa shape index (κ2) is 9.50. The Hall–Kier alpha value is -3.72. The molecule has 9 heteroatoms. The molecule has 2 aliphatic rings. The highest BCUT2D eigenvalue weighted by Crippen LogP contribution is 2.28. The van der Waals surface area contributed by atoms with Gasteiger partial charge in [-0.15, -0.1) is 0 Å². The number of aliphatic hydroxyl groups excluding tert-OH is 1. The van der Waals surface area contributed by atoms with Crippen molar-refractivity contribution in [1.82, 2.24) is 20.2 Å². The lowest BCUT2D eigenvalue weighted by Crippen LogP contribution is -2.42. The standard InChI is InChI=1S/C26H24F2N4O3/c27-18-4-1-5-19(28)23(18)25-30-20(24-21(31-25)13-29-26(24)35)11-15-6-8-16(9-7-15)12-22(34)32-10-2-3-17(33)14-32/h1,4-9,17,33H,2-3,10-14H2,(H,29,35)/t17-/m1/s1. The largest absolute Gasteiger partial charge is 0.391 e. The number of amides is 2. The first kappa shape index (κ1) is 23.0. The molecule has 3 aromatic rings. The number of β-amino-alcohol motifs (C(OH)–C–C–N with tert-alkyl or cyclic N) is 1. The molecule has 3 heterocycles. The summed E-state index contributed by atoms with van der Waals surface area (Å²) < 4.78 is 28.8.